The monoisotopic (exact) mass is 474 g/mol. The van der Waals surface area contributed by atoms with Gasteiger partial charge in [-0.05, 0) is 71.5 Å². The molecule has 0 spiro atoms. The maximum atomic E-state index is 12.4. The molecule has 0 aliphatic rings. The van der Waals surface area contributed by atoms with Gasteiger partial charge in [-0.3, -0.25) is 9.10 Å². The molecule has 1 N–H and O–H groups in total. The number of benzene rings is 2. The molecule has 0 atom stereocenters. The van der Waals surface area contributed by atoms with Gasteiger partial charge < -0.3 is 10.1 Å². The van der Waals surface area contributed by atoms with Crippen molar-refractivity contribution in [2.24, 2.45) is 0 Å². The van der Waals surface area contributed by atoms with Gasteiger partial charge >= 0.3 is 0 Å². The van der Waals surface area contributed by atoms with E-state index >= 15 is 0 Å². The Balaban J connectivity index is 2.29. The van der Waals surface area contributed by atoms with Gasteiger partial charge in [-0.25, -0.2) is 8.42 Å². The van der Waals surface area contributed by atoms with E-state index in [4.69, 9.17) is 4.74 Å². The minimum atomic E-state index is -3.67. The number of methoxy groups -OCH3 is 1. The summed E-state index contributed by atoms with van der Waals surface area (Å²) in [6, 6.07) is 12.4. The summed E-state index contributed by atoms with van der Waals surface area (Å²) in [6.07, 6.45) is 1.06. The Morgan fingerprint density at radius 2 is 1.84 bits per heavy atom. The number of nitrogens with one attached hydrogen (secondary N) is 1. The van der Waals surface area contributed by atoms with E-state index in [1.165, 1.54) is 7.11 Å². The summed E-state index contributed by atoms with van der Waals surface area (Å²) < 4.78 is 31.8. The molecule has 0 aliphatic carbocycles. The molecule has 0 aliphatic heterocycles. The number of carbonyl (C=O) groups is 1. The molecule has 2 aromatic rings. The second-order valence-corrected chi connectivity index (χ2v) is 8.65. The number of ether oxygens (including phenoxy) is 1. The molecular formula is C17H19IN2O4S. The highest BCUT2D eigenvalue weighted by atomic mass is 127. The van der Waals surface area contributed by atoms with Crippen LogP contribution in [0.3, 0.4) is 0 Å². The van der Waals surface area contributed by atoms with Crippen LogP contribution >= 0.6 is 22.6 Å². The minimum Gasteiger partial charge on any atom is -0.495 e. The fourth-order valence-electron chi connectivity index (χ4n) is 2.24. The van der Waals surface area contributed by atoms with E-state index < -0.39 is 15.9 Å². The van der Waals surface area contributed by atoms with E-state index in [1.54, 1.807) is 24.3 Å². The number of carbonyl (C=O) groups excluding carboxylic acids is 1. The Morgan fingerprint density at radius 1 is 1.20 bits per heavy atom. The van der Waals surface area contributed by atoms with E-state index in [2.05, 4.69) is 27.9 Å². The molecule has 0 unspecified atom stereocenters. The van der Waals surface area contributed by atoms with E-state index in [9.17, 15) is 13.2 Å². The molecule has 0 bridgehead atoms. The van der Waals surface area contributed by atoms with Crippen LogP contribution in [-0.4, -0.2) is 34.2 Å². The van der Waals surface area contributed by atoms with Gasteiger partial charge in [0, 0.05) is 9.26 Å². The summed E-state index contributed by atoms with van der Waals surface area (Å²) in [5.41, 5.74) is 1.81. The maximum Gasteiger partial charge on any atom is 0.245 e. The van der Waals surface area contributed by atoms with Gasteiger partial charge in [-0.1, -0.05) is 6.07 Å². The molecule has 0 heterocycles. The molecule has 2 aromatic carbocycles. The van der Waals surface area contributed by atoms with Crippen molar-refractivity contribution >= 4 is 49.9 Å². The summed E-state index contributed by atoms with van der Waals surface area (Å²) in [4.78, 5) is 12.4. The summed E-state index contributed by atoms with van der Waals surface area (Å²) in [7, 11) is -2.21. The molecule has 0 fully saturated rings. The number of hydrogen-bond acceptors (Lipinski definition) is 4. The molecule has 0 saturated carbocycles. The molecule has 134 valence electrons. The Kier molecular flexibility index (Phi) is 6.28. The Morgan fingerprint density at radius 3 is 2.40 bits per heavy atom. The molecule has 6 nitrogen and oxygen atoms in total. The smallest absolute Gasteiger partial charge is 0.245 e. The largest absolute Gasteiger partial charge is 0.495 e. The first-order valence-electron chi connectivity index (χ1n) is 7.38. The average molecular weight is 474 g/mol. The number of anilines is 2. The van der Waals surface area contributed by atoms with Crippen molar-refractivity contribution in [1.82, 2.24) is 0 Å². The molecule has 2 rings (SSSR count). The average Bonchev–Trinajstić information content (AvgIpc) is 2.54. The second kappa shape index (κ2) is 8.05. The lowest BCUT2D eigenvalue weighted by Gasteiger charge is -2.24. The Bertz CT molecular complexity index is 867. The first-order valence-corrected chi connectivity index (χ1v) is 10.3. The van der Waals surface area contributed by atoms with Crippen LogP contribution in [0.2, 0.25) is 0 Å². The van der Waals surface area contributed by atoms with Gasteiger partial charge in [0.25, 0.3) is 0 Å². The molecule has 0 radical (unpaired) electrons. The summed E-state index contributed by atoms with van der Waals surface area (Å²) >= 11 is 2.16. The van der Waals surface area contributed by atoms with Crippen molar-refractivity contribution in [2.75, 3.05) is 29.5 Å². The normalized spacial score (nSPS) is 11.0. The number of nitrogens with zero attached hydrogens (tertiary/aromatic N) is 1. The quantitative estimate of drug-likeness (QED) is 0.654. The van der Waals surface area contributed by atoms with Crippen LogP contribution in [0.25, 0.3) is 0 Å². The third-order valence-electron chi connectivity index (χ3n) is 3.42. The van der Waals surface area contributed by atoms with Gasteiger partial charge in [-0.15, -0.1) is 0 Å². The topological polar surface area (TPSA) is 75.7 Å². The molecule has 1 amide bonds. The molecule has 0 aromatic heterocycles. The first kappa shape index (κ1) is 19.5. The van der Waals surface area contributed by atoms with Crippen LogP contribution in [0.4, 0.5) is 11.4 Å². The Hall–Kier alpha value is -1.81. The van der Waals surface area contributed by atoms with Gasteiger partial charge in [0.2, 0.25) is 15.9 Å². The Labute approximate surface area is 161 Å². The minimum absolute atomic E-state index is 0.336. The van der Waals surface area contributed by atoms with Crippen molar-refractivity contribution in [3.8, 4) is 5.75 Å². The molecule has 8 heteroatoms. The number of aryl methyl sites for hydroxylation is 1. The number of amides is 1. The van der Waals surface area contributed by atoms with Crippen LogP contribution in [-0.2, 0) is 14.8 Å². The van der Waals surface area contributed by atoms with E-state index in [0.717, 1.165) is 19.7 Å². The lowest BCUT2D eigenvalue weighted by atomic mass is 10.2. The zero-order valence-corrected chi connectivity index (χ0v) is 17.1. The summed E-state index contributed by atoms with van der Waals surface area (Å²) in [5, 5.41) is 2.70. The van der Waals surface area contributed by atoms with E-state index in [1.807, 2.05) is 25.1 Å². The van der Waals surface area contributed by atoms with Gasteiger partial charge in [0.1, 0.15) is 12.3 Å². The van der Waals surface area contributed by atoms with Crippen LogP contribution in [0.15, 0.2) is 42.5 Å². The highest BCUT2D eigenvalue weighted by Gasteiger charge is 2.24. The predicted molar refractivity (Wildman–Crippen MR) is 108 cm³/mol. The van der Waals surface area contributed by atoms with Crippen molar-refractivity contribution in [2.45, 2.75) is 6.92 Å². The van der Waals surface area contributed by atoms with E-state index in [0.29, 0.717) is 17.1 Å². The van der Waals surface area contributed by atoms with Crippen LogP contribution in [0.5, 0.6) is 5.75 Å². The van der Waals surface area contributed by atoms with Crippen LogP contribution in [0.1, 0.15) is 5.56 Å². The van der Waals surface area contributed by atoms with Crippen LogP contribution in [0, 0.1) is 10.5 Å². The summed E-state index contributed by atoms with van der Waals surface area (Å²) in [5.74, 6) is -0.0479. The van der Waals surface area contributed by atoms with Crippen molar-refractivity contribution in [3.05, 3.63) is 51.6 Å². The molecule has 25 heavy (non-hydrogen) atoms. The SMILES string of the molecule is COc1ccc(C)cc1N(CC(=O)Nc1ccc(I)cc1)S(C)(=O)=O. The maximum absolute atomic E-state index is 12.4. The first-order chi connectivity index (χ1) is 11.7. The second-order valence-electron chi connectivity index (χ2n) is 5.50. The lowest BCUT2D eigenvalue weighted by Crippen LogP contribution is -2.37. The van der Waals surface area contributed by atoms with Crippen molar-refractivity contribution in [1.29, 1.82) is 0 Å². The third-order valence-corrected chi connectivity index (χ3v) is 5.26. The highest BCUT2D eigenvalue weighted by Crippen LogP contribution is 2.30. The predicted octanol–water partition coefficient (Wildman–Crippen LogP) is 3.01. The fraction of sp³-hybridized carbons (Fsp3) is 0.235. The number of hydrogen-bond donors (Lipinski definition) is 1. The van der Waals surface area contributed by atoms with Gasteiger partial charge in [-0.2, -0.15) is 0 Å². The standard InChI is InChI=1S/C17H19IN2O4S/c1-12-4-9-16(24-2)15(10-12)20(25(3,22)23)11-17(21)19-14-7-5-13(18)6-8-14/h4-10H,11H2,1-3H3,(H,19,21). The zero-order chi connectivity index (χ0) is 18.6. The fourth-order valence-corrected chi connectivity index (χ4v) is 3.45. The number of rotatable bonds is 6. The highest BCUT2D eigenvalue weighted by molar-refractivity contribution is 14.1. The zero-order valence-electron chi connectivity index (χ0n) is 14.1. The number of halogens is 1. The van der Waals surface area contributed by atoms with Gasteiger partial charge in [0.15, 0.2) is 0 Å². The summed E-state index contributed by atoms with van der Waals surface area (Å²) in [6.45, 7) is 1.50. The van der Waals surface area contributed by atoms with E-state index in [-0.39, 0.29) is 6.54 Å². The van der Waals surface area contributed by atoms with Crippen molar-refractivity contribution in [3.63, 3.8) is 0 Å². The molecular weight excluding hydrogens is 455 g/mol. The van der Waals surface area contributed by atoms with Gasteiger partial charge in [0.05, 0.1) is 19.1 Å². The van der Waals surface area contributed by atoms with Crippen molar-refractivity contribution < 1.29 is 17.9 Å². The third kappa shape index (κ3) is 5.33. The number of sulfonamides is 1. The molecule has 0 saturated heterocycles. The van der Waals surface area contributed by atoms with Crippen LogP contribution < -0.4 is 14.4 Å². The lowest BCUT2D eigenvalue weighted by molar-refractivity contribution is -0.114.